The van der Waals surface area contributed by atoms with E-state index in [-0.39, 0.29) is 5.60 Å². The fourth-order valence-electron chi connectivity index (χ4n) is 0.728. The van der Waals surface area contributed by atoms with Crippen molar-refractivity contribution in [3.05, 3.63) is 17.5 Å². The first-order chi connectivity index (χ1) is 6.03. The fourth-order valence-corrected chi connectivity index (χ4v) is 0.865. The van der Waals surface area contributed by atoms with E-state index >= 15 is 0 Å². The largest absolute Gasteiger partial charge is 0.472 e. The predicted octanol–water partition coefficient (Wildman–Crippen LogP) is 2.70. The maximum Gasteiger partial charge on any atom is 0.218 e. The highest BCUT2D eigenvalue weighted by Gasteiger charge is 2.17. The fraction of sp³-hybridized carbons (Fsp3) is 0.556. The normalized spacial score (nSPS) is 11.4. The monoisotopic (exact) mass is 200 g/mol. The van der Waals surface area contributed by atoms with Gasteiger partial charge in [-0.3, -0.25) is 0 Å². The van der Waals surface area contributed by atoms with Crippen molar-refractivity contribution in [3.8, 4) is 5.88 Å². The van der Waals surface area contributed by atoms with Crippen LogP contribution in [0, 0.1) is 0 Å². The van der Waals surface area contributed by atoms with E-state index in [0.717, 1.165) is 6.42 Å². The van der Waals surface area contributed by atoms with Crippen molar-refractivity contribution in [2.75, 3.05) is 0 Å². The van der Waals surface area contributed by atoms with Gasteiger partial charge in [0.1, 0.15) is 17.1 Å². The van der Waals surface area contributed by atoms with Crippen molar-refractivity contribution in [2.45, 2.75) is 32.8 Å². The predicted molar refractivity (Wildman–Crippen MR) is 52.0 cm³/mol. The molecule has 0 aliphatic rings. The molecule has 72 valence electrons. The smallest absolute Gasteiger partial charge is 0.218 e. The number of hydrogen-bond acceptors (Lipinski definition) is 3. The van der Waals surface area contributed by atoms with Crippen molar-refractivity contribution < 1.29 is 4.74 Å². The highest BCUT2D eigenvalue weighted by molar-refractivity contribution is 6.29. The summed E-state index contributed by atoms with van der Waals surface area (Å²) in [6.07, 6.45) is 2.30. The van der Waals surface area contributed by atoms with Crippen LogP contribution in [-0.4, -0.2) is 15.6 Å². The first kappa shape index (κ1) is 10.3. The van der Waals surface area contributed by atoms with E-state index in [1.807, 2.05) is 13.8 Å². The summed E-state index contributed by atoms with van der Waals surface area (Å²) in [4.78, 5) is 7.72. The standard InChI is InChI=1S/C9H13ClN2O/c1-4-9(2,3)13-8-5-7(10)11-6-12-8/h5-6H,4H2,1-3H3. The molecular weight excluding hydrogens is 188 g/mol. The Morgan fingerprint density at radius 1 is 1.46 bits per heavy atom. The van der Waals surface area contributed by atoms with E-state index in [1.54, 1.807) is 6.07 Å². The molecule has 1 heterocycles. The third kappa shape index (κ3) is 3.19. The Labute approximate surface area is 83.1 Å². The highest BCUT2D eigenvalue weighted by Crippen LogP contribution is 2.19. The second kappa shape index (κ2) is 3.92. The number of aromatic nitrogens is 2. The van der Waals surface area contributed by atoms with Gasteiger partial charge in [0.15, 0.2) is 0 Å². The van der Waals surface area contributed by atoms with Gasteiger partial charge in [-0.1, -0.05) is 18.5 Å². The summed E-state index contributed by atoms with van der Waals surface area (Å²) >= 11 is 5.69. The number of halogens is 1. The maximum atomic E-state index is 5.69. The lowest BCUT2D eigenvalue weighted by Crippen LogP contribution is -2.27. The average molecular weight is 201 g/mol. The lowest BCUT2D eigenvalue weighted by atomic mass is 10.1. The molecule has 1 rings (SSSR count). The van der Waals surface area contributed by atoms with Gasteiger partial charge in [0.2, 0.25) is 5.88 Å². The topological polar surface area (TPSA) is 35.0 Å². The van der Waals surface area contributed by atoms with Crippen molar-refractivity contribution >= 4 is 11.6 Å². The van der Waals surface area contributed by atoms with E-state index in [4.69, 9.17) is 16.3 Å². The van der Waals surface area contributed by atoms with Gasteiger partial charge >= 0.3 is 0 Å². The second-order valence-corrected chi connectivity index (χ2v) is 3.78. The number of rotatable bonds is 3. The Balaban J connectivity index is 2.74. The molecule has 0 aliphatic carbocycles. The van der Waals surface area contributed by atoms with Crippen LogP contribution in [0.3, 0.4) is 0 Å². The van der Waals surface area contributed by atoms with E-state index in [2.05, 4.69) is 16.9 Å². The van der Waals surface area contributed by atoms with Gasteiger partial charge in [-0.2, -0.15) is 0 Å². The quantitative estimate of drug-likeness (QED) is 0.704. The lowest BCUT2D eigenvalue weighted by Gasteiger charge is -2.23. The Morgan fingerprint density at radius 2 is 2.15 bits per heavy atom. The van der Waals surface area contributed by atoms with Gasteiger partial charge in [-0.15, -0.1) is 0 Å². The van der Waals surface area contributed by atoms with Crippen molar-refractivity contribution in [1.29, 1.82) is 0 Å². The van der Waals surface area contributed by atoms with Gasteiger partial charge in [0, 0.05) is 6.07 Å². The molecule has 0 aliphatic heterocycles. The summed E-state index contributed by atoms with van der Waals surface area (Å²) in [7, 11) is 0. The molecular formula is C9H13ClN2O. The minimum Gasteiger partial charge on any atom is -0.472 e. The van der Waals surface area contributed by atoms with Gasteiger partial charge in [0.25, 0.3) is 0 Å². The zero-order chi connectivity index (χ0) is 9.90. The van der Waals surface area contributed by atoms with Crippen LogP contribution in [0.1, 0.15) is 27.2 Å². The van der Waals surface area contributed by atoms with Crippen LogP contribution in [0.2, 0.25) is 5.15 Å². The minimum absolute atomic E-state index is 0.211. The molecule has 0 radical (unpaired) electrons. The van der Waals surface area contributed by atoms with E-state index in [0.29, 0.717) is 11.0 Å². The molecule has 0 bridgehead atoms. The zero-order valence-electron chi connectivity index (χ0n) is 8.04. The zero-order valence-corrected chi connectivity index (χ0v) is 8.80. The molecule has 0 unspecified atom stereocenters. The molecule has 0 amide bonds. The van der Waals surface area contributed by atoms with Crippen LogP contribution >= 0.6 is 11.6 Å². The Kier molecular flexibility index (Phi) is 3.09. The number of ether oxygens (including phenoxy) is 1. The summed E-state index contributed by atoms with van der Waals surface area (Å²) in [6.45, 7) is 6.06. The van der Waals surface area contributed by atoms with Gasteiger partial charge in [0.05, 0.1) is 0 Å². The molecule has 0 atom stereocenters. The van der Waals surface area contributed by atoms with E-state index in [9.17, 15) is 0 Å². The molecule has 0 N–H and O–H groups in total. The molecule has 0 spiro atoms. The first-order valence-electron chi connectivity index (χ1n) is 4.20. The molecule has 0 saturated carbocycles. The number of hydrogen-bond donors (Lipinski definition) is 0. The average Bonchev–Trinajstić information content (AvgIpc) is 2.03. The highest BCUT2D eigenvalue weighted by atomic mass is 35.5. The molecule has 4 heteroatoms. The van der Waals surface area contributed by atoms with Crippen LogP contribution in [0.25, 0.3) is 0 Å². The van der Waals surface area contributed by atoms with E-state index in [1.165, 1.54) is 6.33 Å². The molecule has 3 nitrogen and oxygen atoms in total. The molecule has 0 fully saturated rings. The summed E-state index contributed by atoms with van der Waals surface area (Å²) in [5.41, 5.74) is -0.211. The summed E-state index contributed by atoms with van der Waals surface area (Å²) in [5, 5.41) is 0.400. The van der Waals surface area contributed by atoms with Crippen LogP contribution in [0.4, 0.5) is 0 Å². The molecule has 0 aromatic carbocycles. The summed E-state index contributed by atoms with van der Waals surface area (Å²) in [6, 6.07) is 1.61. The van der Waals surface area contributed by atoms with Crippen molar-refractivity contribution in [3.63, 3.8) is 0 Å². The van der Waals surface area contributed by atoms with Crippen LogP contribution < -0.4 is 4.74 Å². The first-order valence-corrected chi connectivity index (χ1v) is 4.58. The van der Waals surface area contributed by atoms with Gasteiger partial charge in [-0.25, -0.2) is 9.97 Å². The lowest BCUT2D eigenvalue weighted by molar-refractivity contribution is 0.0988. The van der Waals surface area contributed by atoms with Gasteiger partial charge in [-0.05, 0) is 20.3 Å². The van der Waals surface area contributed by atoms with Gasteiger partial charge < -0.3 is 4.74 Å². The molecule has 1 aromatic rings. The Morgan fingerprint density at radius 3 is 2.69 bits per heavy atom. The van der Waals surface area contributed by atoms with Crippen LogP contribution in [-0.2, 0) is 0 Å². The molecule has 1 aromatic heterocycles. The molecule has 13 heavy (non-hydrogen) atoms. The Hall–Kier alpha value is -0.830. The second-order valence-electron chi connectivity index (χ2n) is 3.39. The number of nitrogens with zero attached hydrogens (tertiary/aromatic N) is 2. The Bertz CT molecular complexity index is 289. The van der Waals surface area contributed by atoms with E-state index < -0.39 is 0 Å². The third-order valence-electron chi connectivity index (χ3n) is 1.84. The van der Waals surface area contributed by atoms with Crippen molar-refractivity contribution in [2.24, 2.45) is 0 Å². The van der Waals surface area contributed by atoms with Crippen LogP contribution in [0.15, 0.2) is 12.4 Å². The summed E-state index contributed by atoms with van der Waals surface area (Å²) in [5.74, 6) is 0.520. The van der Waals surface area contributed by atoms with Crippen LogP contribution in [0.5, 0.6) is 5.88 Å². The van der Waals surface area contributed by atoms with Crippen molar-refractivity contribution in [1.82, 2.24) is 9.97 Å². The molecule has 0 saturated heterocycles. The SMILES string of the molecule is CCC(C)(C)Oc1cc(Cl)ncn1. The summed E-state index contributed by atoms with van der Waals surface area (Å²) < 4.78 is 5.60. The minimum atomic E-state index is -0.211. The maximum absolute atomic E-state index is 5.69. The third-order valence-corrected chi connectivity index (χ3v) is 2.05.